The molecule has 2 rings (SSSR count). The van der Waals surface area contributed by atoms with Crippen molar-refractivity contribution >= 4 is 7.28 Å². The van der Waals surface area contributed by atoms with Crippen LogP contribution in [0.3, 0.4) is 0 Å². The maximum absolute atomic E-state index is 2.36. The molecule has 0 aliphatic carbocycles. The van der Waals surface area contributed by atoms with Crippen LogP contribution < -0.4 is 0 Å². The van der Waals surface area contributed by atoms with Crippen molar-refractivity contribution in [2.75, 3.05) is 20.1 Å². The molecule has 0 atom stereocenters. The van der Waals surface area contributed by atoms with Crippen LogP contribution in [0, 0.1) is 0 Å². The van der Waals surface area contributed by atoms with Crippen LogP contribution >= 0.6 is 0 Å². The number of nitrogens with zero attached hydrogens (tertiary/aromatic N) is 1. The molecule has 0 N–H and O–H groups in total. The summed E-state index contributed by atoms with van der Waals surface area (Å²) in [6.45, 7) is 2.36. The molecule has 1 nitrogen and oxygen atoms in total. The first-order valence-electron chi connectivity index (χ1n) is 3.78. The first kappa shape index (κ1) is 6.23. The van der Waals surface area contributed by atoms with Crippen molar-refractivity contribution in [3.05, 3.63) is 23.1 Å². The minimum Gasteiger partial charge on any atom is -0.302 e. The number of hydrogen-bond acceptors (Lipinski definition) is 1. The molecule has 51 valence electrons. The summed E-state index contributed by atoms with van der Waals surface area (Å²) in [7, 11) is 4.41. The third-order valence-electron chi connectivity index (χ3n) is 2.21. The Kier molecular flexibility index (Phi) is 1.42. The molecule has 2 heteroatoms. The van der Waals surface area contributed by atoms with Gasteiger partial charge < -0.3 is 4.90 Å². The zero-order valence-electron chi connectivity index (χ0n) is 6.30. The normalized spacial score (nSPS) is 24.9. The average Bonchev–Trinajstić information content (AvgIpc) is 2.33. The van der Waals surface area contributed by atoms with Crippen LogP contribution in [0.2, 0.25) is 0 Å². The van der Waals surface area contributed by atoms with E-state index in [2.05, 4.69) is 31.3 Å². The van der Waals surface area contributed by atoms with E-state index in [0.717, 1.165) is 6.54 Å². The fourth-order valence-electron chi connectivity index (χ4n) is 1.57. The first-order valence-corrected chi connectivity index (χ1v) is 3.78. The van der Waals surface area contributed by atoms with Gasteiger partial charge in [-0.3, -0.25) is 0 Å². The lowest BCUT2D eigenvalue weighted by molar-refractivity contribution is 0.356. The predicted octanol–water partition coefficient (Wildman–Crippen LogP) is 0.807. The van der Waals surface area contributed by atoms with E-state index in [4.69, 9.17) is 0 Å². The van der Waals surface area contributed by atoms with Gasteiger partial charge in [0.1, 0.15) is 0 Å². The Bertz CT molecular complexity index is 205. The summed E-state index contributed by atoms with van der Waals surface area (Å²) in [6.07, 6.45) is 3.46. The second kappa shape index (κ2) is 2.28. The molecule has 0 saturated carbocycles. The predicted molar refractivity (Wildman–Crippen MR) is 44.0 cm³/mol. The summed E-state index contributed by atoms with van der Waals surface area (Å²) < 4.78 is 0. The fourth-order valence-corrected chi connectivity index (χ4v) is 1.57. The van der Waals surface area contributed by atoms with Gasteiger partial charge in [0.2, 0.25) is 0 Å². The maximum atomic E-state index is 2.36. The van der Waals surface area contributed by atoms with Crippen molar-refractivity contribution in [1.82, 2.24) is 4.90 Å². The van der Waals surface area contributed by atoms with Crippen LogP contribution in [0.15, 0.2) is 23.1 Å². The van der Waals surface area contributed by atoms with E-state index in [1.807, 2.05) is 0 Å². The minimum absolute atomic E-state index is 1.14. The second-order valence-electron chi connectivity index (χ2n) is 3.06. The average molecular weight is 132 g/mol. The number of likely N-dealkylation sites (N-methyl/N-ethyl adjacent to an activating group) is 1. The van der Waals surface area contributed by atoms with Crippen molar-refractivity contribution < 1.29 is 0 Å². The molecule has 0 unspecified atom stereocenters. The molecule has 2 aliphatic heterocycles. The van der Waals surface area contributed by atoms with Gasteiger partial charge in [0, 0.05) is 13.1 Å². The standard InChI is InChI=1S/C8H11BN/c1-10-5-3-8-7(6-10)2-4-9-8/h2,4H,3,5-6H2,1H3. The molecule has 0 aromatic carbocycles. The Morgan fingerprint density at radius 2 is 2.50 bits per heavy atom. The molecule has 0 spiro atoms. The fraction of sp³-hybridized carbons (Fsp3) is 0.500. The van der Waals surface area contributed by atoms with Crippen LogP contribution in [-0.4, -0.2) is 32.3 Å². The van der Waals surface area contributed by atoms with E-state index in [1.54, 1.807) is 5.47 Å². The summed E-state index contributed by atoms with van der Waals surface area (Å²) in [6, 6.07) is 0. The molecule has 2 aliphatic rings. The highest BCUT2D eigenvalue weighted by Gasteiger charge is 2.16. The van der Waals surface area contributed by atoms with Crippen molar-refractivity contribution in [3.8, 4) is 0 Å². The van der Waals surface area contributed by atoms with Gasteiger partial charge in [0.25, 0.3) is 0 Å². The Hall–Kier alpha value is -0.495. The Labute approximate surface area is 62.7 Å². The van der Waals surface area contributed by atoms with E-state index in [0.29, 0.717) is 0 Å². The zero-order chi connectivity index (χ0) is 6.97. The van der Waals surface area contributed by atoms with Gasteiger partial charge in [-0.25, -0.2) is 0 Å². The largest absolute Gasteiger partial charge is 0.302 e. The van der Waals surface area contributed by atoms with Crippen LogP contribution in [-0.2, 0) is 0 Å². The lowest BCUT2D eigenvalue weighted by Crippen LogP contribution is -2.27. The molecule has 1 radical (unpaired) electrons. The smallest absolute Gasteiger partial charge is 0.176 e. The monoisotopic (exact) mass is 132 g/mol. The lowest BCUT2D eigenvalue weighted by atomic mass is 9.70. The first-order chi connectivity index (χ1) is 4.86. The summed E-state index contributed by atoms with van der Waals surface area (Å²) in [5.74, 6) is 2.16. The number of hydrogen-bond donors (Lipinski definition) is 0. The Morgan fingerprint density at radius 1 is 1.60 bits per heavy atom. The molecule has 0 aromatic heterocycles. The third-order valence-corrected chi connectivity index (χ3v) is 2.21. The van der Waals surface area contributed by atoms with Gasteiger partial charge in [-0.2, -0.15) is 0 Å². The topological polar surface area (TPSA) is 3.24 Å². The summed E-state index contributed by atoms with van der Waals surface area (Å²) >= 11 is 0. The maximum Gasteiger partial charge on any atom is 0.176 e. The van der Waals surface area contributed by atoms with Crippen LogP contribution in [0.1, 0.15) is 6.42 Å². The Balaban J connectivity index is 2.19. The van der Waals surface area contributed by atoms with Crippen LogP contribution in [0.25, 0.3) is 0 Å². The van der Waals surface area contributed by atoms with Crippen LogP contribution in [0.5, 0.6) is 0 Å². The van der Waals surface area contributed by atoms with Crippen molar-refractivity contribution in [1.29, 1.82) is 0 Å². The van der Waals surface area contributed by atoms with Gasteiger partial charge in [0.05, 0.1) is 0 Å². The van der Waals surface area contributed by atoms with Gasteiger partial charge in [-0.1, -0.05) is 11.5 Å². The van der Waals surface area contributed by atoms with Gasteiger partial charge in [-0.15, -0.1) is 5.98 Å². The third kappa shape index (κ3) is 0.927. The highest BCUT2D eigenvalue weighted by Crippen LogP contribution is 2.20. The summed E-state index contributed by atoms with van der Waals surface area (Å²) in [5.41, 5.74) is 3.08. The molecule has 0 saturated heterocycles. The molecule has 0 bridgehead atoms. The Morgan fingerprint density at radius 3 is 3.40 bits per heavy atom. The van der Waals surface area contributed by atoms with E-state index >= 15 is 0 Å². The van der Waals surface area contributed by atoms with Crippen LogP contribution in [0.4, 0.5) is 0 Å². The van der Waals surface area contributed by atoms with Crippen molar-refractivity contribution in [3.63, 3.8) is 0 Å². The van der Waals surface area contributed by atoms with Gasteiger partial charge in [-0.05, 0) is 19.0 Å². The van der Waals surface area contributed by atoms with E-state index in [-0.39, 0.29) is 0 Å². The summed E-state index contributed by atoms with van der Waals surface area (Å²) in [5, 5.41) is 0. The zero-order valence-corrected chi connectivity index (χ0v) is 6.30. The lowest BCUT2D eigenvalue weighted by Gasteiger charge is -2.23. The van der Waals surface area contributed by atoms with Crippen molar-refractivity contribution in [2.24, 2.45) is 0 Å². The van der Waals surface area contributed by atoms with Gasteiger partial charge >= 0.3 is 0 Å². The molecule has 2 heterocycles. The van der Waals surface area contributed by atoms with E-state index in [9.17, 15) is 0 Å². The molecule has 0 aromatic rings. The molecule has 0 fully saturated rings. The quantitative estimate of drug-likeness (QED) is 0.441. The molecular weight excluding hydrogens is 121 g/mol. The molecule has 0 amide bonds. The highest BCUT2D eigenvalue weighted by atomic mass is 15.1. The van der Waals surface area contributed by atoms with E-state index in [1.165, 1.54) is 18.5 Å². The SMILES string of the molecule is CN1CCC2=C(C=C[B]2)C1. The van der Waals surface area contributed by atoms with Gasteiger partial charge in [0.15, 0.2) is 7.28 Å². The van der Waals surface area contributed by atoms with E-state index < -0.39 is 0 Å². The second-order valence-corrected chi connectivity index (χ2v) is 3.06. The number of rotatable bonds is 0. The summed E-state index contributed by atoms with van der Waals surface area (Å²) in [4.78, 5) is 2.36. The molecule has 10 heavy (non-hydrogen) atoms. The van der Waals surface area contributed by atoms with Crippen molar-refractivity contribution in [2.45, 2.75) is 6.42 Å². The minimum atomic E-state index is 1.14. The molecular formula is C8H11BN. The highest BCUT2D eigenvalue weighted by molar-refractivity contribution is 6.52.